The van der Waals surface area contributed by atoms with Crippen LogP contribution in [0.3, 0.4) is 0 Å². The summed E-state index contributed by atoms with van der Waals surface area (Å²) >= 11 is 1.18. The van der Waals surface area contributed by atoms with E-state index in [1.807, 2.05) is 43.3 Å². The molecule has 5 heteroatoms. The van der Waals surface area contributed by atoms with Crippen LogP contribution in [0.15, 0.2) is 48.8 Å². The minimum absolute atomic E-state index is 0.249. The molecule has 104 valence electrons. The molecule has 0 bridgehead atoms. The van der Waals surface area contributed by atoms with E-state index in [9.17, 15) is 9.90 Å². The molecule has 0 aliphatic rings. The van der Waals surface area contributed by atoms with Crippen LogP contribution in [-0.4, -0.2) is 21.0 Å². The predicted octanol–water partition coefficient (Wildman–Crippen LogP) is 3.88. The fourth-order valence-electron chi connectivity index (χ4n) is 2.06. The number of aromatic nitrogens is 2. The minimum atomic E-state index is -0.959. The van der Waals surface area contributed by atoms with Gasteiger partial charge in [0.1, 0.15) is 9.88 Å². The van der Waals surface area contributed by atoms with Crippen LogP contribution < -0.4 is 0 Å². The molecule has 0 radical (unpaired) electrons. The summed E-state index contributed by atoms with van der Waals surface area (Å²) in [7, 11) is 0. The Bertz CT molecular complexity index is 797. The van der Waals surface area contributed by atoms with Crippen LogP contribution in [0.2, 0.25) is 0 Å². The van der Waals surface area contributed by atoms with E-state index in [1.54, 1.807) is 12.4 Å². The van der Waals surface area contributed by atoms with Crippen LogP contribution in [0, 0.1) is 6.92 Å². The molecule has 0 atom stereocenters. The lowest BCUT2D eigenvalue weighted by molar-refractivity contribution is 0.0702. The second-order valence-electron chi connectivity index (χ2n) is 4.56. The quantitative estimate of drug-likeness (QED) is 0.796. The number of rotatable bonds is 3. The Kier molecular flexibility index (Phi) is 3.50. The molecule has 2 aromatic heterocycles. The molecule has 21 heavy (non-hydrogen) atoms. The van der Waals surface area contributed by atoms with E-state index in [4.69, 9.17) is 0 Å². The standard InChI is InChI=1S/C16H12N2O2S/c1-10-7-8-17-9-12(10)15-18-13(14(21-15)16(19)20)11-5-3-2-4-6-11/h2-9H,1H3,(H,19,20). The molecule has 0 fully saturated rings. The summed E-state index contributed by atoms with van der Waals surface area (Å²) in [5.41, 5.74) is 3.20. The fourth-order valence-corrected chi connectivity index (χ4v) is 3.06. The smallest absolute Gasteiger partial charge is 0.348 e. The number of thiazole rings is 1. The van der Waals surface area contributed by atoms with Gasteiger partial charge in [-0.05, 0) is 18.6 Å². The SMILES string of the molecule is Cc1ccncc1-c1nc(-c2ccccc2)c(C(=O)O)s1. The van der Waals surface area contributed by atoms with Crippen molar-refractivity contribution in [1.82, 2.24) is 9.97 Å². The van der Waals surface area contributed by atoms with Gasteiger partial charge in [-0.2, -0.15) is 0 Å². The lowest BCUT2D eigenvalue weighted by Crippen LogP contribution is -1.95. The van der Waals surface area contributed by atoms with Gasteiger partial charge < -0.3 is 5.11 Å². The van der Waals surface area contributed by atoms with Crippen molar-refractivity contribution in [2.45, 2.75) is 6.92 Å². The Morgan fingerprint density at radius 1 is 1.19 bits per heavy atom. The lowest BCUT2D eigenvalue weighted by atomic mass is 10.1. The molecule has 0 aliphatic carbocycles. The summed E-state index contributed by atoms with van der Waals surface area (Å²) in [5, 5.41) is 10.1. The summed E-state index contributed by atoms with van der Waals surface area (Å²) < 4.78 is 0. The second-order valence-corrected chi connectivity index (χ2v) is 5.56. The predicted molar refractivity (Wildman–Crippen MR) is 82.5 cm³/mol. The summed E-state index contributed by atoms with van der Waals surface area (Å²) in [4.78, 5) is 20.4. The van der Waals surface area contributed by atoms with Crippen molar-refractivity contribution >= 4 is 17.3 Å². The van der Waals surface area contributed by atoms with E-state index in [0.717, 1.165) is 16.7 Å². The Labute approximate surface area is 125 Å². The van der Waals surface area contributed by atoms with Gasteiger partial charge in [0.15, 0.2) is 0 Å². The summed E-state index contributed by atoms with van der Waals surface area (Å²) in [6.07, 6.45) is 3.43. The maximum absolute atomic E-state index is 11.5. The highest BCUT2D eigenvalue weighted by atomic mass is 32.1. The Morgan fingerprint density at radius 3 is 2.62 bits per heavy atom. The third-order valence-electron chi connectivity index (χ3n) is 3.14. The van der Waals surface area contributed by atoms with Gasteiger partial charge in [0.25, 0.3) is 0 Å². The maximum atomic E-state index is 11.5. The normalized spacial score (nSPS) is 10.5. The second kappa shape index (κ2) is 5.46. The van der Waals surface area contributed by atoms with Crippen LogP contribution in [0.5, 0.6) is 0 Å². The zero-order chi connectivity index (χ0) is 14.8. The van der Waals surface area contributed by atoms with Gasteiger partial charge in [-0.1, -0.05) is 30.3 Å². The monoisotopic (exact) mass is 296 g/mol. The molecule has 0 aliphatic heterocycles. The highest BCUT2D eigenvalue weighted by molar-refractivity contribution is 7.17. The zero-order valence-electron chi connectivity index (χ0n) is 11.3. The molecule has 1 N–H and O–H groups in total. The van der Waals surface area contributed by atoms with Crippen molar-refractivity contribution in [2.75, 3.05) is 0 Å². The van der Waals surface area contributed by atoms with Crippen molar-refractivity contribution in [3.63, 3.8) is 0 Å². The number of aromatic carboxylic acids is 1. The van der Waals surface area contributed by atoms with Crippen LogP contribution in [0.4, 0.5) is 0 Å². The number of pyridine rings is 1. The van der Waals surface area contributed by atoms with Gasteiger partial charge in [-0.3, -0.25) is 4.98 Å². The van der Waals surface area contributed by atoms with Crippen molar-refractivity contribution in [1.29, 1.82) is 0 Å². The largest absolute Gasteiger partial charge is 0.477 e. The first kappa shape index (κ1) is 13.5. The number of carbonyl (C=O) groups is 1. The van der Waals surface area contributed by atoms with Crippen LogP contribution in [0.1, 0.15) is 15.2 Å². The van der Waals surface area contributed by atoms with E-state index in [-0.39, 0.29) is 4.88 Å². The highest BCUT2D eigenvalue weighted by Crippen LogP contribution is 2.34. The van der Waals surface area contributed by atoms with Gasteiger partial charge in [0.2, 0.25) is 0 Å². The summed E-state index contributed by atoms with van der Waals surface area (Å²) in [5.74, 6) is -0.959. The summed E-state index contributed by atoms with van der Waals surface area (Å²) in [6, 6.07) is 11.2. The topological polar surface area (TPSA) is 63.1 Å². The Balaban J connectivity index is 2.18. The summed E-state index contributed by atoms with van der Waals surface area (Å²) in [6.45, 7) is 1.96. The van der Waals surface area contributed by atoms with Gasteiger partial charge in [0.05, 0.1) is 5.69 Å². The Hall–Kier alpha value is -2.53. The first-order chi connectivity index (χ1) is 10.2. The van der Waals surface area contributed by atoms with Crippen LogP contribution in [-0.2, 0) is 0 Å². The van der Waals surface area contributed by atoms with Gasteiger partial charge in [-0.25, -0.2) is 9.78 Å². The number of nitrogens with zero attached hydrogens (tertiary/aromatic N) is 2. The van der Waals surface area contributed by atoms with Gasteiger partial charge >= 0.3 is 5.97 Å². The van der Waals surface area contributed by atoms with Crippen LogP contribution in [0.25, 0.3) is 21.8 Å². The first-order valence-electron chi connectivity index (χ1n) is 6.37. The van der Waals surface area contributed by atoms with Crippen molar-refractivity contribution in [3.05, 3.63) is 59.2 Å². The average Bonchev–Trinajstić information content (AvgIpc) is 2.94. The third kappa shape index (κ3) is 2.55. The fraction of sp³-hybridized carbons (Fsp3) is 0.0625. The molecule has 3 rings (SSSR count). The molecule has 2 heterocycles. The molecule has 0 spiro atoms. The van der Waals surface area contributed by atoms with Crippen molar-refractivity contribution < 1.29 is 9.90 Å². The molecule has 0 unspecified atom stereocenters. The molecular weight excluding hydrogens is 284 g/mol. The van der Waals surface area contributed by atoms with E-state index in [2.05, 4.69) is 9.97 Å². The molecule has 0 saturated carbocycles. The van der Waals surface area contributed by atoms with Crippen molar-refractivity contribution in [2.24, 2.45) is 0 Å². The molecule has 4 nitrogen and oxygen atoms in total. The number of benzene rings is 1. The van der Waals surface area contributed by atoms with Crippen LogP contribution >= 0.6 is 11.3 Å². The molecule has 0 saturated heterocycles. The van der Waals surface area contributed by atoms with E-state index in [1.165, 1.54) is 11.3 Å². The maximum Gasteiger partial charge on any atom is 0.348 e. The van der Waals surface area contributed by atoms with E-state index in [0.29, 0.717) is 10.7 Å². The van der Waals surface area contributed by atoms with E-state index >= 15 is 0 Å². The lowest BCUT2D eigenvalue weighted by Gasteiger charge is -1.99. The number of carboxylic acids is 1. The Morgan fingerprint density at radius 2 is 1.95 bits per heavy atom. The average molecular weight is 296 g/mol. The van der Waals surface area contributed by atoms with E-state index < -0.39 is 5.97 Å². The molecule has 0 amide bonds. The minimum Gasteiger partial charge on any atom is -0.477 e. The van der Waals surface area contributed by atoms with Crippen molar-refractivity contribution in [3.8, 4) is 21.8 Å². The molecule has 3 aromatic rings. The van der Waals surface area contributed by atoms with Gasteiger partial charge in [0, 0.05) is 23.5 Å². The zero-order valence-corrected chi connectivity index (χ0v) is 12.1. The molecule has 1 aromatic carbocycles. The number of hydrogen-bond donors (Lipinski definition) is 1. The number of aryl methyl sites for hydroxylation is 1. The van der Waals surface area contributed by atoms with Gasteiger partial charge in [-0.15, -0.1) is 11.3 Å². The number of hydrogen-bond acceptors (Lipinski definition) is 4. The third-order valence-corrected chi connectivity index (χ3v) is 4.21. The first-order valence-corrected chi connectivity index (χ1v) is 7.19. The number of carboxylic acid groups (broad SMARTS) is 1. The molecular formula is C16H12N2O2S. The highest BCUT2D eigenvalue weighted by Gasteiger charge is 2.20.